The molecule has 4 rings (SSSR count). The molecule has 1 amide bonds. The van der Waals surface area contributed by atoms with Crippen molar-refractivity contribution in [3.05, 3.63) is 47.2 Å². The van der Waals surface area contributed by atoms with Crippen LogP contribution in [0.1, 0.15) is 51.2 Å². The van der Waals surface area contributed by atoms with Gasteiger partial charge in [-0.2, -0.15) is 8.42 Å². The Labute approximate surface area is 173 Å². The van der Waals surface area contributed by atoms with Gasteiger partial charge in [0.1, 0.15) is 5.70 Å². The highest BCUT2D eigenvalue weighted by Gasteiger charge is 2.52. The van der Waals surface area contributed by atoms with E-state index in [-0.39, 0.29) is 28.5 Å². The lowest BCUT2D eigenvalue weighted by molar-refractivity contribution is -0.129. The minimum atomic E-state index is -3.95. The molecule has 2 fully saturated rings. The van der Waals surface area contributed by atoms with E-state index < -0.39 is 10.2 Å². The zero-order valence-electron chi connectivity index (χ0n) is 17.8. The number of nitrogens with zero attached hydrogens (tertiary/aromatic N) is 3. The average Bonchev–Trinajstić information content (AvgIpc) is 2.86. The zero-order valence-corrected chi connectivity index (χ0v) is 18.6. The van der Waals surface area contributed by atoms with Crippen LogP contribution < -0.4 is 0 Å². The Hall–Kier alpha value is -2.15. The molecule has 0 N–H and O–H groups in total. The lowest BCUT2D eigenvalue weighted by atomic mass is 9.65. The fraction of sp³-hybridized carbons (Fsp3) is 0.545. The average molecular weight is 416 g/mol. The van der Waals surface area contributed by atoms with Crippen molar-refractivity contribution in [3.63, 3.8) is 0 Å². The first-order chi connectivity index (χ1) is 13.4. The highest BCUT2D eigenvalue weighted by atomic mass is 32.2. The molecule has 1 saturated carbocycles. The molecule has 7 heteroatoms. The summed E-state index contributed by atoms with van der Waals surface area (Å²) in [6.07, 6.45) is 4.61. The minimum absolute atomic E-state index is 0.0859. The van der Waals surface area contributed by atoms with E-state index in [2.05, 4.69) is 25.2 Å². The highest BCUT2D eigenvalue weighted by Crippen LogP contribution is 2.52. The van der Waals surface area contributed by atoms with Crippen LogP contribution in [0.4, 0.5) is 0 Å². The summed E-state index contributed by atoms with van der Waals surface area (Å²) in [6.45, 7) is 9.38. The van der Waals surface area contributed by atoms with Crippen LogP contribution in [0.5, 0.6) is 0 Å². The van der Waals surface area contributed by atoms with E-state index in [0.717, 1.165) is 29.1 Å². The van der Waals surface area contributed by atoms with Gasteiger partial charge in [0.25, 0.3) is 5.91 Å². The van der Waals surface area contributed by atoms with Crippen molar-refractivity contribution in [1.82, 2.24) is 9.21 Å². The molecule has 156 valence electrons. The van der Waals surface area contributed by atoms with Gasteiger partial charge >= 0.3 is 10.2 Å². The van der Waals surface area contributed by atoms with Gasteiger partial charge < -0.3 is 4.90 Å². The third-order valence-electron chi connectivity index (χ3n) is 6.41. The lowest BCUT2D eigenvalue weighted by Gasteiger charge is -2.39. The Balaban J connectivity index is 1.70. The predicted molar refractivity (Wildman–Crippen MR) is 114 cm³/mol. The van der Waals surface area contributed by atoms with Crippen molar-refractivity contribution in [2.45, 2.75) is 53.0 Å². The number of allylic oxidation sites excluding steroid dienone is 1. The number of hydrogen-bond donors (Lipinski definition) is 0. The summed E-state index contributed by atoms with van der Waals surface area (Å²) < 4.78 is 30.3. The maximum Gasteiger partial charge on any atom is 0.345 e. The predicted octanol–water partition coefficient (Wildman–Crippen LogP) is 3.29. The van der Waals surface area contributed by atoms with E-state index >= 15 is 0 Å². The van der Waals surface area contributed by atoms with Crippen LogP contribution in [0.15, 0.2) is 40.4 Å². The first kappa shape index (κ1) is 20.1. The Morgan fingerprint density at radius 2 is 1.79 bits per heavy atom. The van der Waals surface area contributed by atoms with E-state index in [9.17, 15) is 13.2 Å². The number of likely N-dealkylation sites (tertiary alicyclic amines) is 1. The van der Waals surface area contributed by atoms with Crippen molar-refractivity contribution in [1.29, 1.82) is 0 Å². The number of likely N-dealkylation sites (N-methyl/N-ethyl adjacent to an activating group) is 1. The number of amides is 1. The van der Waals surface area contributed by atoms with Gasteiger partial charge in [0.2, 0.25) is 0 Å². The van der Waals surface area contributed by atoms with E-state index in [1.165, 1.54) is 7.05 Å². The number of hydrogen-bond acceptors (Lipinski definition) is 3. The van der Waals surface area contributed by atoms with Crippen molar-refractivity contribution in [2.24, 2.45) is 15.2 Å². The molecule has 2 heterocycles. The molecule has 0 radical (unpaired) electrons. The molecule has 0 aromatic heterocycles. The minimum Gasteiger partial charge on any atom is -0.334 e. The van der Waals surface area contributed by atoms with Crippen LogP contribution >= 0.6 is 0 Å². The second-order valence-corrected chi connectivity index (χ2v) is 11.6. The first-order valence-corrected chi connectivity index (χ1v) is 11.5. The van der Waals surface area contributed by atoms with Gasteiger partial charge in [-0.3, -0.25) is 4.79 Å². The lowest BCUT2D eigenvalue weighted by Crippen LogP contribution is -2.43. The number of benzene rings is 1. The maximum absolute atomic E-state index is 13.5. The van der Waals surface area contributed by atoms with Crippen LogP contribution in [0.3, 0.4) is 0 Å². The molecule has 1 aliphatic carbocycles. The van der Waals surface area contributed by atoms with Crippen molar-refractivity contribution >= 4 is 21.8 Å². The Morgan fingerprint density at radius 3 is 2.45 bits per heavy atom. The molecule has 1 saturated heterocycles. The largest absolute Gasteiger partial charge is 0.345 e. The molecule has 1 aromatic carbocycles. The Kier molecular flexibility index (Phi) is 4.46. The fourth-order valence-electron chi connectivity index (χ4n) is 5.46. The van der Waals surface area contributed by atoms with E-state index in [4.69, 9.17) is 0 Å². The van der Waals surface area contributed by atoms with Gasteiger partial charge in [-0.15, -0.1) is 4.40 Å². The number of aryl methyl sites for hydroxylation is 1. The summed E-state index contributed by atoms with van der Waals surface area (Å²) in [4.78, 5) is 15.4. The van der Waals surface area contributed by atoms with E-state index in [1.807, 2.05) is 36.1 Å². The standard InChI is InChI=1S/C22H29N3O3S/c1-15-6-8-16(9-7-15)18-10-19(24(5)29(27,28)23-18)20(26)25-14-22(4)12-17(25)11-21(2,3)13-22/h6-10,17H,11-14H2,1-5H3/t17-,22+/m1/s1. The van der Waals surface area contributed by atoms with Gasteiger partial charge in [0.05, 0.1) is 5.71 Å². The fourth-order valence-corrected chi connectivity index (χ4v) is 6.37. The molecule has 2 aliphatic heterocycles. The molecule has 6 nitrogen and oxygen atoms in total. The Bertz CT molecular complexity index is 1020. The third kappa shape index (κ3) is 3.61. The summed E-state index contributed by atoms with van der Waals surface area (Å²) in [5.74, 6) is -0.220. The van der Waals surface area contributed by atoms with Crippen molar-refractivity contribution < 1.29 is 13.2 Å². The molecule has 1 aromatic rings. The molecular formula is C22H29N3O3S. The molecule has 29 heavy (non-hydrogen) atoms. The second kappa shape index (κ2) is 6.42. The number of rotatable bonds is 2. The van der Waals surface area contributed by atoms with Crippen LogP contribution in [-0.4, -0.2) is 48.9 Å². The summed E-state index contributed by atoms with van der Waals surface area (Å²) in [5.41, 5.74) is 2.50. The number of carbonyl (C=O) groups excluding carboxylic acids is 1. The van der Waals surface area contributed by atoms with Crippen molar-refractivity contribution in [3.8, 4) is 0 Å². The van der Waals surface area contributed by atoms with Crippen LogP contribution in [-0.2, 0) is 15.0 Å². The number of fused-ring (bicyclic) bond motifs is 2. The third-order valence-corrected chi connectivity index (χ3v) is 7.73. The summed E-state index contributed by atoms with van der Waals surface area (Å²) >= 11 is 0. The van der Waals surface area contributed by atoms with Gasteiger partial charge in [-0.25, -0.2) is 4.31 Å². The van der Waals surface area contributed by atoms with Gasteiger partial charge in [-0.05, 0) is 43.1 Å². The zero-order chi connectivity index (χ0) is 21.2. The van der Waals surface area contributed by atoms with E-state index in [1.54, 1.807) is 6.08 Å². The second-order valence-electron chi connectivity index (χ2n) is 9.96. The van der Waals surface area contributed by atoms with Gasteiger partial charge in [0.15, 0.2) is 0 Å². The summed E-state index contributed by atoms with van der Waals surface area (Å²) in [7, 11) is -2.54. The molecule has 0 spiro atoms. The first-order valence-electron chi connectivity index (χ1n) is 10.1. The maximum atomic E-state index is 13.5. The van der Waals surface area contributed by atoms with Gasteiger partial charge in [0, 0.05) is 25.2 Å². The van der Waals surface area contributed by atoms with Crippen LogP contribution in [0.25, 0.3) is 0 Å². The van der Waals surface area contributed by atoms with Crippen LogP contribution in [0.2, 0.25) is 0 Å². The van der Waals surface area contributed by atoms with Crippen LogP contribution in [0, 0.1) is 17.8 Å². The summed E-state index contributed by atoms with van der Waals surface area (Å²) in [6, 6.07) is 7.63. The van der Waals surface area contributed by atoms with Crippen molar-refractivity contribution in [2.75, 3.05) is 13.6 Å². The van der Waals surface area contributed by atoms with E-state index in [0.29, 0.717) is 17.8 Å². The van der Waals surface area contributed by atoms with Gasteiger partial charge in [-0.1, -0.05) is 50.6 Å². The molecular weight excluding hydrogens is 386 g/mol. The molecule has 2 atom stereocenters. The summed E-state index contributed by atoms with van der Waals surface area (Å²) in [5, 5.41) is 0. The Morgan fingerprint density at radius 1 is 1.14 bits per heavy atom. The monoisotopic (exact) mass is 415 g/mol. The molecule has 3 aliphatic rings. The SMILES string of the molecule is Cc1ccc(C2=NS(=O)(=O)N(C)C(C(=O)N3C[C@@]4(C)C[C@H]3CC(C)(C)C4)=C2)cc1. The number of carbonyl (C=O) groups is 1. The highest BCUT2D eigenvalue weighted by molar-refractivity contribution is 7.88. The topological polar surface area (TPSA) is 70.0 Å². The quantitative estimate of drug-likeness (QED) is 0.744. The normalized spacial score (nSPS) is 30.0. The molecule has 2 bridgehead atoms. The molecule has 0 unspecified atom stereocenters. The smallest absolute Gasteiger partial charge is 0.334 e.